The highest BCUT2D eigenvalue weighted by Crippen LogP contribution is 2.26. The van der Waals surface area contributed by atoms with Gasteiger partial charge in [0.25, 0.3) is 0 Å². The van der Waals surface area contributed by atoms with Gasteiger partial charge in [-0.2, -0.15) is 0 Å². The number of hydrogen-bond donors (Lipinski definition) is 1. The summed E-state index contributed by atoms with van der Waals surface area (Å²) >= 11 is 0. The number of hydrogen-bond acceptors (Lipinski definition) is 4. The number of nitrogens with two attached hydrogens (primary N) is 1. The Morgan fingerprint density at radius 2 is 1.85 bits per heavy atom. The van der Waals surface area contributed by atoms with Crippen LogP contribution in [0.15, 0.2) is 36.4 Å². The van der Waals surface area contributed by atoms with E-state index in [1.54, 1.807) is 12.1 Å². The molecule has 0 unspecified atom stereocenters. The zero-order valence-corrected chi connectivity index (χ0v) is 11.1. The fraction of sp³-hybridized carbons (Fsp3) is 0.133. The van der Waals surface area contributed by atoms with Crippen molar-refractivity contribution in [2.75, 3.05) is 20.0 Å². The molecular weight excluding hydrogens is 261 g/mol. The monoisotopic (exact) mass is 275 g/mol. The van der Waals surface area contributed by atoms with Crippen molar-refractivity contribution in [1.29, 1.82) is 0 Å². The summed E-state index contributed by atoms with van der Waals surface area (Å²) < 4.78 is 23.9. The lowest BCUT2D eigenvalue weighted by molar-refractivity contribution is 0.103. The number of rotatable bonds is 4. The van der Waals surface area contributed by atoms with Crippen LogP contribution in [0, 0.1) is 5.82 Å². The Kier molecular flexibility index (Phi) is 3.89. The first kappa shape index (κ1) is 13.9. The van der Waals surface area contributed by atoms with E-state index in [9.17, 15) is 9.18 Å². The lowest BCUT2D eigenvalue weighted by Crippen LogP contribution is -2.08. The maximum Gasteiger partial charge on any atom is 0.198 e. The molecule has 0 heterocycles. The molecule has 0 aliphatic rings. The minimum absolute atomic E-state index is 0.0166. The Balaban J connectivity index is 2.46. The summed E-state index contributed by atoms with van der Waals surface area (Å²) in [6.07, 6.45) is 0. The van der Waals surface area contributed by atoms with Gasteiger partial charge in [-0.3, -0.25) is 4.79 Å². The third-order valence-corrected chi connectivity index (χ3v) is 2.93. The zero-order chi connectivity index (χ0) is 14.7. The van der Waals surface area contributed by atoms with Crippen LogP contribution in [0.25, 0.3) is 0 Å². The second kappa shape index (κ2) is 5.61. The highest BCUT2D eigenvalue weighted by Gasteiger charge is 2.19. The van der Waals surface area contributed by atoms with Crippen LogP contribution in [0.3, 0.4) is 0 Å². The molecule has 0 amide bonds. The summed E-state index contributed by atoms with van der Waals surface area (Å²) in [5, 5.41) is 0. The van der Waals surface area contributed by atoms with Crippen LogP contribution < -0.4 is 15.2 Å². The molecule has 0 saturated heterocycles. The molecule has 0 aliphatic heterocycles. The van der Waals surface area contributed by atoms with Gasteiger partial charge in [0.15, 0.2) is 17.3 Å². The van der Waals surface area contributed by atoms with Crippen LogP contribution in [0.1, 0.15) is 15.9 Å². The van der Waals surface area contributed by atoms with E-state index < -0.39 is 11.6 Å². The number of nitrogen functional groups attached to an aromatic ring is 1. The van der Waals surface area contributed by atoms with E-state index in [1.165, 1.54) is 38.5 Å². The Morgan fingerprint density at radius 3 is 2.45 bits per heavy atom. The number of methoxy groups -OCH3 is 2. The van der Waals surface area contributed by atoms with Crippen molar-refractivity contribution in [3.8, 4) is 11.5 Å². The summed E-state index contributed by atoms with van der Waals surface area (Å²) in [5.41, 5.74) is 6.17. The van der Waals surface area contributed by atoms with Crippen LogP contribution >= 0.6 is 0 Å². The van der Waals surface area contributed by atoms with E-state index in [0.717, 1.165) is 0 Å². The zero-order valence-electron chi connectivity index (χ0n) is 11.1. The maximum absolute atomic E-state index is 14.1. The molecule has 0 aliphatic carbocycles. The average Bonchev–Trinajstić information content (AvgIpc) is 2.46. The van der Waals surface area contributed by atoms with Gasteiger partial charge in [0.2, 0.25) is 0 Å². The lowest BCUT2D eigenvalue weighted by atomic mass is 10.0. The van der Waals surface area contributed by atoms with Crippen LogP contribution in [-0.2, 0) is 0 Å². The Labute approximate surface area is 115 Å². The number of benzene rings is 2. The van der Waals surface area contributed by atoms with Crippen LogP contribution in [0.5, 0.6) is 11.5 Å². The van der Waals surface area contributed by atoms with Crippen molar-refractivity contribution in [2.24, 2.45) is 0 Å². The molecule has 0 fully saturated rings. The van der Waals surface area contributed by atoms with E-state index in [0.29, 0.717) is 5.75 Å². The first-order chi connectivity index (χ1) is 9.58. The summed E-state index contributed by atoms with van der Waals surface area (Å²) in [6, 6.07) is 9.02. The van der Waals surface area contributed by atoms with Gasteiger partial charge in [0.05, 0.1) is 19.8 Å². The van der Waals surface area contributed by atoms with E-state index in [1.807, 2.05) is 0 Å². The molecule has 0 radical (unpaired) electrons. The van der Waals surface area contributed by atoms with Crippen LogP contribution in [-0.4, -0.2) is 20.0 Å². The van der Waals surface area contributed by atoms with E-state index in [-0.39, 0.29) is 22.6 Å². The van der Waals surface area contributed by atoms with Crippen molar-refractivity contribution >= 4 is 11.5 Å². The number of ketones is 1. The minimum atomic E-state index is -0.699. The maximum atomic E-state index is 14.1. The Hall–Kier alpha value is -2.56. The molecule has 2 N–H and O–H groups in total. The van der Waals surface area contributed by atoms with Gasteiger partial charge >= 0.3 is 0 Å². The van der Waals surface area contributed by atoms with Crippen molar-refractivity contribution < 1.29 is 18.7 Å². The summed E-state index contributed by atoms with van der Waals surface area (Å²) in [7, 11) is 2.84. The van der Waals surface area contributed by atoms with E-state index >= 15 is 0 Å². The number of carbonyl (C=O) groups is 1. The molecule has 0 atom stereocenters. The van der Waals surface area contributed by atoms with Gasteiger partial charge in [0.1, 0.15) is 5.75 Å². The highest BCUT2D eigenvalue weighted by atomic mass is 19.1. The molecule has 0 aromatic heterocycles. The number of carbonyl (C=O) groups excluding carboxylic acids is 1. The topological polar surface area (TPSA) is 61.5 Å². The molecule has 0 saturated carbocycles. The number of halogens is 1. The van der Waals surface area contributed by atoms with Crippen molar-refractivity contribution in [2.45, 2.75) is 0 Å². The smallest absolute Gasteiger partial charge is 0.198 e. The van der Waals surface area contributed by atoms with Crippen LogP contribution in [0.4, 0.5) is 10.1 Å². The standard InChI is InChI=1S/C15H14FNO3/c1-19-9-6-7-10(12(17)8-9)15(18)11-4-3-5-13(20-2)14(11)16/h3-8H,17H2,1-2H3. The SMILES string of the molecule is COc1ccc(C(=O)c2cccc(OC)c2F)c(N)c1. The fourth-order valence-corrected chi connectivity index (χ4v) is 1.86. The normalized spacial score (nSPS) is 10.2. The predicted molar refractivity (Wildman–Crippen MR) is 73.8 cm³/mol. The van der Waals surface area contributed by atoms with Gasteiger partial charge < -0.3 is 15.2 Å². The third kappa shape index (κ3) is 2.42. The Morgan fingerprint density at radius 1 is 1.10 bits per heavy atom. The average molecular weight is 275 g/mol. The molecule has 5 heteroatoms. The van der Waals surface area contributed by atoms with Gasteiger partial charge in [-0.1, -0.05) is 6.07 Å². The molecular formula is C15H14FNO3. The van der Waals surface area contributed by atoms with E-state index in [4.69, 9.17) is 15.2 Å². The predicted octanol–water partition coefficient (Wildman–Crippen LogP) is 2.66. The van der Waals surface area contributed by atoms with Gasteiger partial charge in [-0.15, -0.1) is 0 Å². The van der Waals surface area contributed by atoms with Crippen molar-refractivity contribution in [1.82, 2.24) is 0 Å². The second-order valence-corrected chi connectivity index (χ2v) is 4.10. The quantitative estimate of drug-likeness (QED) is 0.688. The van der Waals surface area contributed by atoms with Gasteiger partial charge in [-0.05, 0) is 24.3 Å². The molecule has 4 nitrogen and oxygen atoms in total. The summed E-state index contributed by atoms with van der Waals surface area (Å²) in [4.78, 5) is 12.3. The largest absolute Gasteiger partial charge is 0.497 e. The molecule has 2 aromatic carbocycles. The van der Waals surface area contributed by atoms with Gasteiger partial charge in [0, 0.05) is 17.3 Å². The number of anilines is 1. The first-order valence-electron chi connectivity index (χ1n) is 5.89. The highest BCUT2D eigenvalue weighted by molar-refractivity contribution is 6.12. The molecule has 0 spiro atoms. The molecule has 20 heavy (non-hydrogen) atoms. The first-order valence-corrected chi connectivity index (χ1v) is 5.89. The van der Waals surface area contributed by atoms with Crippen molar-refractivity contribution in [3.63, 3.8) is 0 Å². The Bertz CT molecular complexity index is 656. The molecule has 2 aromatic rings. The van der Waals surface area contributed by atoms with Gasteiger partial charge in [-0.25, -0.2) is 4.39 Å². The number of ether oxygens (including phenoxy) is 2. The molecule has 2 rings (SSSR count). The fourth-order valence-electron chi connectivity index (χ4n) is 1.86. The minimum Gasteiger partial charge on any atom is -0.497 e. The lowest BCUT2D eigenvalue weighted by Gasteiger charge is -2.09. The van der Waals surface area contributed by atoms with Crippen molar-refractivity contribution in [3.05, 3.63) is 53.3 Å². The van der Waals surface area contributed by atoms with Crippen LogP contribution in [0.2, 0.25) is 0 Å². The summed E-state index contributed by atoms with van der Waals surface area (Å²) in [6.45, 7) is 0. The molecule has 0 bridgehead atoms. The third-order valence-electron chi connectivity index (χ3n) is 2.93. The summed E-state index contributed by atoms with van der Waals surface area (Å²) in [5.74, 6) is -0.648. The second-order valence-electron chi connectivity index (χ2n) is 4.10. The van der Waals surface area contributed by atoms with E-state index in [2.05, 4.69) is 0 Å². The molecule has 104 valence electrons.